The number of halogens is 1. The Labute approximate surface area is 117 Å². The average molecular weight is 314 g/mol. The fraction of sp³-hybridized carbons (Fsp3) is 0.571. The van der Waals surface area contributed by atoms with E-state index in [9.17, 15) is 0 Å². The third-order valence-electron chi connectivity index (χ3n) is 3.42. The monoisotopic (exact) mass is 313 g/mol. The molecule has 0 radical (unpaired) electrons. The standard InChI is InChI=1S/C14H20BrNO2/c15-12-3-1-6-14(11-12)18-10-8-16(7-9-17)13-4-2-5-13/h1,3,6,11,13,17H,2,4-5,7-10H2. The third-order valence-corrected chi connectivity index (χ3v) is 3.91. The molecule has 1 aliphatic rings. The number of aliphatic hydroxyl groups excluding tert-OH is 1. The normalized spacial score (nSPS) is 15.7. The molecule has 100 valence electrons. The van der Waals surface area contributed by atoms with Gasteiger partial charge >= 0.3 is 0 Å². The second-order valence-electron chi connectivity index (χ2n) is 4.65. The molecule has 1 fully saturated rings. The van der Waals surface area contributed by atoms with Crippen LogP contribution in [0.4, 0.5) is 0 Å². The Morgan fingerprint density at radius 2 is 2.17 bits per heavy atom. The molecule has 0 spiro atoms. The lowest BCUT2D eigenvalue weighted by molar-refractivity contribution is 0.0860. The van der Waals surface area contributed by atoms with E-state index in [1.807, 2.05) is 24.3 Å². The first kappa shape index (κ1) is 13.8. The molecule has 1 saturated carbocycles. The SMILES string of the molecule is OCCN(CCOc1cccc(Br)c1)C1CCC1. The van der Waals surface area contributed by atoms with E-state index in [0.717, 1.165) is 23.3 Å². The van der Waals surface area contributed by atoms with Gasteiger partial charge in [-0.1, -0.05) is 28.4 Å². The minimum atomic E-state index is 0.230. The lowest BCUT2D eigenvalue weighted by Crippen LogP contribution is -2.43. The van der Waals surface area contributed by atoms with E-state index in [1.165, 1.54) is 19.3 Å². The molecule has 1 N–H and O–H groups in total. The lowest BCUT2D eigenvalue weighted by atomic mass is 9.91. The predicted octanol–water partition coefficient (Wildman–Crippen LogP) is 2.67. The van der Waals surface area contributed by atoms with Gasteiger partial charge in [-0.05, 0) is 31.0 Å². The first-order chi connectivity index (χ1) is 8.79. The van der Waals surface area contributed by atoms with Gasteiger partial charge in [-0.2, -0.15) is 0 Å². The highest BCUT2D eigenvalue weighted by Crippen LogP contribution is 2.24. The van der Waals surface area contributed by atoms with Crippen molar-refractivity contribution < 1.29 is 9.84 Å². The van der Waals surface area contributed by atoms with Crippen LogP contribution in [0.1, 0.15) is 19.3 Å². The summed E-state index contributed by atoms with van der Waals surface area (Å²) in [5.74, 6) is 0.891. The van der Waals surface area contributed by atoms with Gasteiger partial charge in [-0.3, -0.25) is 4.90 Å². The lowest BCUT2D eigenvalue weighted by Gasteiger charge is -2.37. The van der Waals surface area contributed by atoms with Crippen molar-refractivity contribution in [3.63, 3.8) is 0 Å². The van der Waals surface area contributed by atoms with E-state index in [4.69, 9.17) is 9.84 Å². The van der Waals surface area contributed by atoms with Crippen molar-refractivity contribution in [2.75, 3.05) is 26.3 Å². The third kappa shape index (κ3) is 3.97. The predicted molar refractivity (Wildman–Crippen MR) is 75.9 cm³/mol. The number of benzene rings is 1. The van der Waals surface area contributed by atoms with E-state index in [1.54, 1.807) is 0 Å². The summed E-state index contributed by atoms with van der Waals surface area (Å²) in [7, 11) is 0. The van der Waals surface area contributed by atoms with Gasteiger partial charge in [-0.25, -0.2) is 0 Å². The van der Waals surface area contributed by atoms with Crippen molar-refractivity contribution in [3.8, 4) is 5.75 Å². The van der Waals surface area contributed by atoms with E-state index in [2.05, 4.69) is 20.8 Å². The van der Waals surface area contributed by atoms with E-state index in [0.29, 0.717) is 12.6 Å². The van der Waals surface area contributed by atoms with Gasteiger partial charge < -0.3 is 9.84 Å². The van der Waals surface area contributed by atoms with Crippen molar-refractivity contribution in [3.05, 3.63) is 28.7 Å². The molecule has 0 bridgehead atoms. The van der Waals surface area contributed by atoms with Crippen molar-refractivity contribution in [2.24, 2.45) is 0 Å². The van der Waals surface area contributed by atoms with Crippen LogP contribution in [-0.4, -0.2) is 42.4 Å². The molecular formula is C14H20BrNO2. The maximum absolute atomic E-state index is 9.07. The number of ether oxygens (including phenoxy) is 1. The second kappa shape index (κ2) is 7.12. The zero-order chi connectivity index (χ0) is 12.8. The highest BCUT2D eigenvalue weighted by atomic mass is 79.9. The van der Waals surface area contributed by atoms with Gasteiger partial charge in [-0.15, -0.1) is 0 Å². The first-order valence-corrected chi connectivity index (χ1v) is 7.32. The Hall–Kier alpha value is -0.580. The molecule has 0 heterocycles. The molecular weight excluding hydrogens is 294 g/mol. The summed E-state index contributed by atoms with van der Waals surface area (Å²) in [5, 5.41) is 9.07. The van der Waals surface area contributed by atoms with Crippen molar-refractivity contribution >= 4 is 15.9 Å². The van der Waals surface area contributed by atoms with Gasteiger partial charge in [0.2, 0.25) is 0 Å². The number of nitrogens with zero attached hydrogens (tertiary/aromatic N) is 1. The topological polar surface area (TPSA) is 32.7 Å². The van der Waals surface area contributed by atoms with E-state index < -0.39 is 0 Å². The van der Waals surface area contributed by atoms with Crippen LogP contribution in [-0.2, 0) is 0 Å². The van der Waals surface area contributed by atoms with Crippen LogP contribution in [0.15, 0.2) is 28.7 Å². The molecule has 1 aromatic rings. The van der Waals surface area contributed by atoms with Crippen LogP contribution in [0, 0.1) is 0 Å². The van der Waals surface area contributed by atoms with Crippen LogP contribution < -0.4 is 4.74 Å². The number of hydrogen-bond donors (Lipinski definition) is 1. The summed E-state index contributed by atoms with van der Waals surface area (Å²) in [6, 6.07) is 8.55. The van der Waals surface area contributed by atoms with Crippen molar-refractivity contribution in [1.82, 2.24) is 4.90 Å². The summed E-state index contributed by atoms with van der Waals surface area (Å²) < 4.78 is 6.76. The molecule has 0 amide bonds. The molecule has 0 saturated heterocycles. The van der Waals surface area contributed by atoms with Crippen LogP contribution in [0.3, 0.4) is 0 Å². The van der Waals surface area contributed by atoms with Gasteiger partial charge in [0.25, 0.3) is 0 Å². The molecule has 0 unspecified atom stereocenters. The minimum absolute atomic E-state index is 0.230. The Balaban J connectivity index is 1.75. The zero-order valence-electron chi connectivity index (χ0n) is 10.5. The molecule has 0 atom stereocenters. The number of rotatable bonds is 7. The molecule has 1 aliphatic carbocycles. The fourth-order valence-corrected chi connectivity index (χ4v) is 2.57. The van der Waals surface area contributed by atoms with Gasteiger partial charge in [0, 0.05) is 23.6 Å². The summed E-state index contributed by atoms with van der Waals surface area (Å²) in [4.78, 5) is 2.33. The van der Waals surface area contributed by atoms with Gasteiger partial charge in [0.15, 0.2) is 0 Å². The average Bonchev–Trinajstić information content (AvgIpc) is 2.27. The summed E-state index contributed by atoms with van der Waals surface area (Å²) in [6.45, 7) is 2.55. The molecule has 1 aromatic carbocycles. The highest BCUT2D eigenvalue weighted by molar-refractivity contribution is 9.10. The quantitative estimate of drug-likeness (QED) is 0.840. The summed E-state index contributed by atoms with van der Waals surface area (Å²) >= 11 is 3.43. The molecule has 3 nitrogen and oxygen atoms in total. The minimum Gasteiger partial charge on any atom is -0.492 e. The molecule has 4 heteroatoms. The Morgan fingerprint density at radius 3 is 2.78 bits per heavy atom. The maximum atomic E-state index is 9.07. The van der Waals surface area contributed by atoms with Gasteiger partial charge in [0.05, 0.1) is 6.61 Å². The molecule has 0 aliphatic heterocycles. The molecule has 18 heavy (non-hydrogen) atoms. The zero-order valence-corrected chi connectivity index (χ0v) is 12.1. The van der Waals surface area contributed by atoms with Crippen LogP contribution in [0.25, 0.3) is 0 Å². The molecule has 0 aromatic heterocycles. The Morgan fingerprint density at radius 1 is 1.33 bits per heavy atom. The van der Waals surface area contributed by atoms with Crippen LogP contribution in [0.5, 0.6) is 5.75 Å². The highest BCUT2D eigenvalue weighted by Gasteiger charge is 2.24. The smallest absolute Gasteiger partial charge is 0.120 e. The van der Waals surface area contributed by atoms with Crippen LogP contribution >= 0.6 is 15.9 Å². The maximum Gasteiger partial charge on any atom is 0.120 e. The first-order valence-electron chi connectivity index (χ1n) is 6.53. The van der Waals surface area contributed by atoms with Crippen molar-refractivity contribution in [2.45, 2.75) is 25.3 Å². The second-order valence-corrected chi connectivity index (χ2v) is 5.57. The van der Waals surface area contributed by atoms with Gasteiger partial charge in [0.1, 0.15) is 12.4 Å². The van der Waals surface area contributed by atoms with Crippen LogP contribution in [0.2, 0.25) is 0 Å². The van der Waals surface area contributed by atoms with E-state index in [-0.39, 0.29) is 6.61 Å². The Bertz CT molecular complexity index is 369. The summed E-state index contributed by atoms with van der Waals surface area (Å²) in [5.41, 5.74) is 0. The fourth-order valence-electron chi connectivity index (χ4n) is 2.19. The van der Waals surface area contributed by atoms with E-state index >= 15 is 0 Å². The largest absolute Gasteiger partial charge is 0.492 e. The Kier molecular flexibility index (Phi) is 5.47. The summed E-state index contributed by atoms with van der Waals surface area (Å²) in [6.07, 6.45) is 3.84. The molecule has 2 rings (SSSR count). The van der Waals surface area contributed by atoms with Crippen molar-refractivity contribution in [1.29, 1.82) is 0 Å². The number of aliphatic hydroxyl groups is 1. The number of hydrogen-bond acceptors (Lipinski definition) is 3.